The molecule has 2 aromatic carbocycles. The molecule has 4 aromatic rings. The number of benzene rings is 2. The summed E-state index contributed by atoms with van der Waals surface area (Å²) >= 11 is 0. The molecule has 2 aromatic heterocycles. The second-order valence-electron chi connectivity index (χ2n) is 6.07. The van der Waals surface area contributed by atoms with Gasteiger partial charge in [-0.3, -0.25) is 4.79 Å². The van der Waals surface area contributed by atoms with E-state index < -0.39 is 0 Å². The lowest BCUT2D eigenvalue weighted by atomic mass is 10.1. The highest BCUT2D eigenvalue weighted by Crippen LogP contribution is 2.23. The van der Waals surface area contributed by atoms with Gasteiger partial charge in [-0.15, -0.1) is 0 Å². The summed E-state index contributed by atoms with van der Waals surface area (Å²) in [4.78, 5) is 20.2. The Hall–Kier alpha value is -3.44. The number of nitrogens with two attached hydrogens (primary N) is 1. The lowest BCUT2D eigenvalue weighted by molar-refractivity contribution is 0.102. The number of aromatic nitrogens is 2. The summed E-state index contributed by atoms with van der Waals surface area (Å²) in [5.41, 5.74) is 10.6. The van der Waals surface area contributed by atoms with Gasteiger partial charge < -0.3 is 16.0 Å². The first kappa shape index (κ1) is 16.1. The van der Waals surface area contributed by atoms with E-state index in [4.69, 9.17) is 5.73 Å². The van der Waals surface area contributed by atoms with Crippen molar-refractivity contribution in [3.05, 3.63) is 84.1 Å². The van der Waals surface area contributed by atoms with Crippen molar-refractivity contribution in [2.24, 2.45) is 5.73 Å². The molecule has 0 saturated heterocycles. The summed E-state index contributed by atoms with van der Waals surface area (Å²) in [5.74, 6) is -0.198. The Morgan fingerprint density at radius 1 is 1.04 bits per heavy atom. The number of fused-ring (bicyclic) bond motifs is 1. The molecule has 128 valence electrons. The van der Waals surface area contributed by atoms with Gasteiger partial charge in [-0.05, 0) is 35.4 Å². The maximum Gasteiger partial charge on any atom is 0.257 e. The molecule has 5 nitrogen and oxygen atoms in total. The van der Waals surface area contributed by atoms with Gasteiger partial charge in [0.2, 0.25) is 0 Å². The summed E-state index contributed by atoms with van der Waals surface area (Å²) in [6, 6.07) is 21.4. The summed E-state index contributed by atoms with van der Waals surface area (Å²) in [5, 5.41) is 3.79. The van der Waals surface area contributed by atoms with E-state index in [0.29, 0.717) is 12.1 Å². The van der Waals surface area contributed by atoms with Crippen LogP contribution in [0.25, 0.3) is 22.3 Å². The Kier molecular flexibility index (Phi) is 4.21. The Morgan fingerprint density at radius 3 is 2.69 bits per heavy atom. The standard InChI is InChI=1S/C21H18N4O/c22-12-14-5-4-8-18(9-14)24-21(26)17-10-16-11-19(25-20(16)23-13-17)15-6-2-1-3-7-15/h1-11,13H,12,22H2,(H,23,25)(H,24,26). The van der Waals surface area contributed by atoms with Crippen LogP contribution in [0.5, 0.6) is 0 Å². The van der Waals surface area contributed by atoms with Crippen LogP contribution in [-0.2, 0) is 6.54 Å². The number of hydrogen-bond acceptors (Lipinski definition) is 3. The van der Waals surface area contributed by atoms with Crippen LogP contribution < -0.4 is 11.1 Å². The molecule has 0 fully saturated rings. The normalized spacial score (nSPS) is 10.8. The van der Waals surface area contributed by atoms with Gasteiger partial charge >= 0.3 is 0 Å². The third kappa shape index (κ3) is 3.20. The lowest BCUT2D eigenvalue weighted by Gasteiger charge is -2.06. The average molecular weight is 342 g/mol. The molecular weight excluding hydrogens is 324 g/mol. The topological polar surface area (TPSA) is 83.8 Å². The zero-order chi connectivity index (χ0) is 17.9. The predicted molar refractivity (Wildman–Crippen MR) is 104 cm³/mol. The van der Waals surface area contributed by atoms with Crippen molar-refractivity contribution in [1.29, 1.82) is 0 Å². The van der Waals surface area contributed by atoms with Crippen LogP contribution >= 0.6 is 0 Å². The predicted octanol–water partition coefficient (Wildman–Crippen LogP) is 3.94. The smallest absolute Gasteiger partial charge is 0.257 e. The lowest BCUT2D eigenvalue weighted by Crippen LogP contribution is -2.12. The SMILES string of the molecule is NCc1cccc(NC(=O)c2cnc3[nH]c(-c4ccccc4)cc3c2)c1. The average Bonchev–Trinajstić information content (AvgIpc) is 3.12. The molecule has 0 atom stereocenters. The third-order valence-corrected chi connectivity index (χ3v) is 4.24. The van der Waals surface area contributed by atoms with Gasteiger partial charge in [-0.2, -0.15) is 0 Å². The van der Waals surface area contributed by atoms with E-state index in [1.807, 2.05) is 66.7 Å². The van der Waals surface area contributed by atoms with Crippen molar-refractivity contribution >= 4 is 22.6 Å². The fraction of sp³-hybridized carbons (Fsp3) is 0.0476. The number of carbonyl (C=O) groups is 1. The maximum atomic E-state index is 12.5. The Bertz CT molecular complexity index is 1070. The number of pyridine rings is 1. The van der Waals surface area contributed by atoms with Gasteiger partial charge in [0.05, 0.1) is 5.56 Å². The number of carbonyl (C=O) groups excluding carboxylic acids is 1. The molecule has 4 rings (SSSR count). The molecule has 0 unspecified atom stereocenters. The number of amides is 1. The fourth-order valence-electron chi connectivity index (χ4n) is 2.89. The van der Waals surface area contributed by atoms with Crippen molar-refractivity contribution in [3.63, 3.8) is 0 Å². The fourth-order valence-corrected chi connectivity index (χ4v) is 2.89. The quantitative estimate of drug-likeness (QED) is 0.525. The third-order valence-electron chi connectivity index (χ3n) is 4.24. The van der Waals surface area contributed by atoms with E-state index in [1.165, 1.54) is 0 Å². The molecule has 2 heterocycles. The molecule has 0 saturated carbocycles. The van der Waals surface area contributed by atoms with Crippen molar-refractivity contribution in [1.82, 2.24) is 9.97 Å². The van der Waals surface area contributed by atoms with E-state index >= 15 is 0 Å². The molecule has 1 amide bonds. The number of rotatable bonds is 4. The van der Waals surface area contributed by atoms with Crippen LogP contribution in [0.2, 0.25) is 0 Å². The minimum atomic E-state index is -0.198. The van der Waals surface area contributed by atoms with Gasteiger partial charge in [0.1, 0.15) is 5.65 Å². The summed E-state index contributed by atoms with van der Waals surface area (Å²) in [6.45, 7) is 0.433. The molecule has 26 heavy (non-hydrogen) atoms. The van der Waals surface area contributed by atoms with Crippen molar-refractivity contribution < 1.29 is 4.79 Å². The molecule has 0 radical (unpaired) electrons. The summed E-state index contributed by atoms with van der Waals surface area (Å²) in [6.07, 6.45) is 1.58. The summed E-state index contributed by atoms with van der Waals surface area (Å²) in [7, 11) is 0. The van der Waals surface area contributed by atoms with Crippen molar-refractivity contribution in [2.45, 2.75) is 6.54 Å². The molecule has 5 heteroatoms. The molecule has 0 aliphatic carbocycles. The van der Waals surface area contributed by atoms with E-state index in [2.05, 4.69) is 15.3 Å². The Morgan fingerprint density at radius 2 is 1.88 bits per heavy atom. The van der Waals surface area contributed by atoms with Crippen LogP contribution in [0.15, 0.2) is 72.9 Å². The second kappa shape index (κ2) is 6.82. The molecule has 0 bridgehead atoms. The first-order chi connectivity index (χ1) is 12.7. The highest BCUT2D eigenvalue weighted by molar-refractivity contribution is 6.05. The Labute approximate surface area is 150 Å². The van der Waals surface area contributed by atoms with Crippen LogP contribution in [0.3, 0.4) is 0 Å². The number of anilines is 1. The zero-order valence-corrected chi connectivity index (χ0v) is 14.1. The van der Waals surface area contributed by atoms with Crippen LogP contribution in [-0.4, -0.2) is 15.9 Å². The number of nitrogens with zero attached hydrogens (tertiary/aromatic N) is 1. The van der Waals surface area contributed by atoms with E-state index in [1.54, 1.807) is 6.20 Å². The van der Waals surface area contributed by atoms with Crippen LogP contribution in [0.4, 0.5) is 5.69 Å². The minimum Gasteiger partial charge on any atom is -0.339 e. The van der Waals surface area contributed by atoms with Gasteiger partial charge in [-0.1, -0.05) is 42.5 Å². The van der Waals surface area contributed by atoms with Crippen molar-refractivity contribution in [3.8, 4) is 11.3 Å². The maximum absolute atomic E-state index is 12.5. The number of aromatic amines is 1. The zero-order valence-electron chi connectivity index (χ0n) is 14.1. The van der Waals surface area contributed by atoms with E-state index in [9.17, 15) is 4.79 Å². The summed E-state index contributed by atoms with van der Waals surface area (Å²) < 4.78 is 0. The number of H-pyrrole nitrogens is 1. The molecule has 0 aliphatic heterocycles. The molecular formula is C21H18N4O. The minimum absolute atomic E-state index is 0.198. The molecule has 4 N–H and O–H groups in total. The highest BCUT2D eigenvalue weighted by atomic mass is 16.1. The highest BCUT2D eigenvalue weighted by Gasteiger charge is 2.10. The van der Waals surface area contributed by atoms with Crippen molar-refractivity contribution in [2.75, 3.05) is 5.32 Å². The van der Waals surface area contributed by atoms with Gasteiger partial charge in [-0.25, -0.2) is 4.98 Å². The second-order valence-corrected chi connectivity index (χ2v) is 6.07. The van der Waals surface area contributed by atoms with Crippen LogP contribution in [0, 0.1) is 0 Å². The van der Waals surface area contributed by atoms with Gasteiger partial charge in [0.25, 0.3) is 5.91 Å². The molecule has 0 spiro atoms. The van der Waals surface area contributed by atoms with Crippen LogP contribution in [0.1, 0.15) is 15.9 Å². The number of hydrogen-bond donors (Lipinski definition) is 3. The van der Waals surface area contributed by atoms with E-state index in [0.717, 1.165) is 33.5 Å². The number of nitrogens with one attached hydrogen (secondary N) is 2. The molecule has 0 aliphatic rings. The Balaban J connectivity index is 1.61. The monoisotopic (exact) mass is 342 g/mol. The van der Waals surface area contributed by atoms with Gasteiger partial charge in [0.15, 0.2) is 0 Å². The largest absolute Gasteiger partial charge is 0.339 e. The first-order valence-electron chi connectivity index (χ1n) is 8.37. The first-order valence-corrected chi connectivity index (χ1v) is 8.37. The van der Waals surface area contributed by atoms with Gasteiger partial charge in [0, 0.05) is 29.5 Å². The van der Waals surface area contributed by atoms with E-state index in [-0.39, 0.29) is 5.91 Å².